The van der Waals surface area contributed by atoms with Gasteiger partial charge in [0.15, 0.2) is 0 Å². The van der Waals surface area contributed by atoms with Crippen LogP contribution in [0.25, 0.3) is 20.2 Å². The SMILES string of the molecule is CC#Cc1ccc2sc3ccc(C(CS(=O)C4(C#N)CCC4)NS)cc3c2c1. The van der Waals surface area contributed by atoms with Crippen molar-refractivity contribution in [2.24, 2.45) is 0 Å². The van der Waals surface area contributed by atoms with E-state index in [2.05, 4.69) is 71.8 Å². The van der Waals surface area contributed by atoms with Gasteiger partial charge in [0.05, 0.1) is 12.1 Å². The lowest BCUT2D eigenvalue weighted by Gasteiger charge is -2.35. The Balaban J connectivity index is 1.71. The van der Waals surface area contributed by atoms with Crippen LogP contribution in [-0.2, 0) is 10.8 Å². The van der Waals surface area contributed by atoms with Crippen LogP contribution in [0.5, 0.6) is 0 Å². The van der Waals surface area contributed by atoms with E-state index in [1.54, 1.807) is 11.3 Å². The number of rotatable bonds is 5. The Labute approximate surface area is 177 Å². The summed E-state index contributed by atoms with van der Waals surface area (Å²) < 4.78 is 17.6. The fraction of sp³-hybridized carbons (Fsp3) is 0.318. The van der Waals surface area contributed by atoms with Crippen LogP contribution in [0.2, 0.25) is 0 Å². The quantitative estimate of drug-likeness (QED) is 0.443. The van der Waals surface area contributed by atoms with E-state index in [9.17, 15) is 9.47 Å². The van der Waals surface area contributed by atoms with Crippen molar-refractivity contribution in [3.8, 4) is 17.9 Å². The number of thiophene rings is 1. The summed E-state index contributed by atoms with van der Waals surface area (Å²) in [7, 11) is -1.21. The van der Waals surface area contributed by atoms with Crippen molar-refractivity contribution in [2.45, 2.75) is 37.0 Å². The molecule has 1 aromatic heterocycles. The molecule has 1 N–H and O–H groups in total. The Hall–Kier alpha value is -1.83. The zero-order valence-electron chi connectivity index (χ0n) is 15.5. The third kappa shape index (κ3) is 3.36. The number of fused-ring (bicyclic) bond motifs is 3. The van der Waals surface area contributed by atoms with Crippen LogP contribution in [0.3, 0.4) is 0 Å². The topological polar surface area (TPSA) is 52.9 Å². The molecule has 6 heteroatoms. The summed E-state index contributed by atoms with van der Waals surface area (Å²) in [6.45, 7) is 1.84. The standard InChI is InChI=1S/C22H20N2OS3/c1-2-4-15-5-7-20-17(11-15)18-12-16(6-8-21(18)27-20)19(24-26)13-28(25)22(14-23)9-3-10-22/h5-8,11-12,19,24,26H,3,9-10,13H2,1H3. The van der Waals surface area contributed by atoms with Crippen molar-refractivity contribution < 1.29 is 4.21 Å². The van der Waals surface area contributed by atoms with E-state index in [0.29, 0.717) is 5.75 Å². The van der Waals surface area contributed by atoms with Gasteiger partial charge in [-0.2, -0.15) is 5.26 Å². The lowest BCUT2D eigenvalue weighted by molar-refractivity contribution is 0.425. The van der Waals surface area contributed by atoms with Crippen molar-refractivity contribution in [1.82, 2.24) is 4.72 Å². The van der Waals surface area contributed by atoms with Crippen molar-refractivity contribution in [2.75, 3.05) is 5.75 Å². The lowest BCUT2D eigenvalue weighted by atomic mass is 9.86. The molecular weight excluding hydrogens is 404 g/mol. The summed E-state index contributed by atoms with van der Waals surface area (Å²) in [6, 6.07) is 14.8. The van der Waals surface area contributed by atoms with Gasteiger partial charge in [-0.25, -0.2) is 0 Å². The molecule has 0 spiro atoms. The molecule has 1 aliphatic carbocycles. The molecule has 2 atom stereocenters. The summed E-state index contributed by atoms with van der Waals surface area (Å²) in [6.07, 6.45) is 2.43. The van der Waals surface area contributed by atoms with Gasteiger partial charge >= 0.3 is 0 Å². The molecule has 0 saturated heterocycles. The first-order valence-corrected chi connectivity index (χ1v) is 11.8. The van der Waals surface area contributed by atoms with E-state index < -0.39 is 15.5 Å². The summed E-state index contributed by atoms with van der Waals surface area (Å²) in [4.78, 5) is 0. The molecule has 1 heterocycles. The highest BCUT2D eigenvalue weighted by Gasteiger charge is 2.43. The second-order valence-corrected chi connectivity index (χ2v) is 10.2. The molecule has 1 fully saturated rings. The molecule has 2 aromatic carbocycles. The highest BCUT2D eigenvalue weighted by atomic mass is 32.2. The van der Waals surface area contributed by atoms with Crippen LogP contribution in [0.4, 0.5) is 0 Å². The summed E-state index contributed by atoms with van der Waals surface area (Å²) in [5.41, 5.74) is 2.04. The molecule has 2 unspecified atom stereocenters. The Kier molecular flexibility index (Phi) is 5.49. The molecule has 0 bridgehead atoms. The van der Waals surface area contributed by atoms with Gasteiger partial charge in [0.1, 0.15) is 4.75 Å². The van der Waals surface area contributed by atoms with Gasteiger partial charge in [-0.1, -0.05) is 24.8 Å². The average molecular weight is 425 g/mol. The molecule has 0 amide bonds. The minimum Gasteiger partial charge on any atom is -0.258 e. The normalized spacial score (nSPS) is 17.3. The van der Waals surface area contributed by atoms with Gasteiger partial charge in [0.25, 0.3) is 0 Å². The zero-order chi connectivity index (χ0) is 19.7. The molecular formula is C22H20N2OS3. The first-order valence-electron chi connectivity index (χ1n) is 9.18. The van der Waals surface area contributed by atoms with E-state index >= 15 is 0 Å². The maximum absolute atomic E-state index is 12.9. The van der Waals surface area contributed by atoms with Crippen molar-refractivity contribution in [3.63, 3.8) is 0 Å². The number of nitriles is 1. The summed E-state index contributed by atoms with van der Waals surface area (Å²) >= 11 is 6.05. The number of nitrogens with zero attached hydrogens (tertiary/aromatic N) is 1. The largest absolute Gasteiger partial charge is 0.258 e. The Morgan fingerprint density at radius 3 is 2.57 bits per heavy atom. The van der Waals surface area contributed by atoms with Gasteiger partial charge in [0.2, 0.25) is 0 Å². The van der Waals surface area contributed by atoms with Crippen molar-refractivity contribution in [1.29, 1.82) is 5.26 Å². The Morgan fingerprint density at radius 2 is 1.96 bits per heavy atom. The van der Waals surface area contributed by atoms with Gasteiger partial charge in [-0.3, -0.25) is 8.93 Å². The smallest absolute Gasteiger partial charge is 0.132 e. The van der Waals surface area contributed by atoms with E-state index in [1.807, 2.05) is 6.92 Å². The number of hydrogen-bond acceptors (Lipinski definition) is 5. The predicted molar refractivity (Wildman–Crippen MR) is 122 cm³/mol. The Morgan fingerprint density at radius 1 is 1.25 bits per heavy atom. The molecule has 3 nitrogen and oxygen atoms in total. The van der Waals surface area contributed by atoms with Crippen molar-refractivity contribution >= 4 is 55.1 Å². The van der Waals surface area contributed by atoms with Gasteiger partial charge in [-0.15, -0.1) is 17.3 Å². The van der Waals surface area contributed by atoms with Gasteiger partial charge in [0, 0.05) is 42.3 Å². The second-order valence-electron chi connectivity index (χ2n) is 7.10. The molecule has 4 rings (SSSR count). The van der Waals surface area contributed by atoms with Crippen LogP contribution in [0.15, 0.2) is 36.4 Å². The first kappa shape index (κ1) is 19.5. The van der Waals surface area contributed by atoms with E-state index in [4.69, 9.17) is 0 Å². The van der Waals surface area contributed by atoms with E-state index in [-0.39, 0.29) is 6.04 Å². The van der Waals surface area contributed by atoms with Gasteiger partial charge in [-0.05, 0) is 62.1 Å². The highest BCUT2D eigenvalue weighted by molar-refractivity contribution is 7.86. The monoisotopic (exact) mass is 424 g/mol. The molecule has 142 valence electrons. The molecule has 1 aliphatic rings. The van der Waals surface area contributed by atoms with Crippen LogP contribution in [0, 0.1) is 23.2 Å². The van der Waals surface area contributed by atoms with Crippen LogP contribution in [0.1, 0.15) is 43.4 Å². The third-order valence-electron chi connectivity index (χ3n) is 5.44. The number of nitrogens with one attached hydrogen (secondary N) is 1. The molecule has 1 saturated carbocycles. The fourth-order valence-electron chi connectivity index (χ4n) is 3.64. The number of hydrogen-bond donors (Lipinski definition) is 2. The van der Waals surface area contributed by atoms with E-state index in [0.717, 1.165) is 30.4 Å². The molecule has 28 heavy (non-hydrogen) atoms. The van der Waals surface area contributed by atoms with Crippen LogP contribution in [-0.4, -0.2) is 14.7 Å². The second kappa shape index (κ2) is 7.89. The Bertz CT molecular complexity index is 1180. The third-order valence-corrected chi connectivity index (χ3v) is 8.91. The summed E-state index contributed by atoms with van der Waals surface area (Å²) in [5, 5.41) is 11.8. The molecule has 3 aromatic rings. The number of benzene rings is 2. The fourth-order valence-corrected chi connectivity index (χ4v) is 6.82. The maximum Gasteiger partial charge on any atom is 0.132 e. The average Bonchev–Trinajstić information content (AvgIpc) is 3.03. The minimum atomic E-state index is -1.21. The van der Waals surface area contributed by atoms with E-state index in [1.165, 1.54) is 20.2 Å². The van der Waals surface area contributed by atoms with Crippen LogP contribution >= 0.6 is 24.2 Å². The summed E-state index contributed by atoms with van der Waals surface area (Å²) in [5.74, 6) is 6.46. The lowest BCUT2D eigenvalue weighted by Crippen LogP contribution is -2.42. The van der Waals surface area contributed by atoms with Gasteiger partial charge < -0.3 is 0 Å². The van der Waals surface area contributed by atoms with Crippen LogP contribution < -0.4 is 4.72 Å². The molecule has 0 radical (unpaired) electrons. The predicted octanol–water partition coefficient (Wildman–Crippen LogP) is 5.10. The van der Waals surface area contributed by atoms with Crippen molar-refractivity contribution in [3.05, 3.63) is 47.5 Å². The highest BCUT2D eigenvalue weighted by Crippen LogP contribution is 2.39. The number of thiol groups is 1. The zero-order valence-corrected chi connectivity index (χ0v) is 18.0. The minimum absolute atomic E-state index is 0.173. The first-order chi connectivity index (χ1) is 13.6. The maximum atomic E-state index is 12.9. The molecule has 0 aliphatic heterocycles.